The summed E-state index contributed by atoms with van der Waals surface area (Å²) in [5.41, 5.74) is 4.70. The molecule has 8 heteroatoms. The number of thioether (sulfide) groups is 1. The fourth-order valence-electron chi connectivity index (χ4n) is 5.27. The van der Waals surface area contributed by atoms with Gasteiger partial charge in [0.25, 0.3) is 11.8 Å². The molecule has 0 aromatic heterocycles. The third kappa shape index (κ3) is 7.51. The summed E-state index contributed by atoms with van der Waals surface area (Å²) in [4.78, 5) is 45.7. The molecule has 1 atom stereocenters. The number of nitrogens with one attached hydrogen (secondary N) is 2. The molecule has 234 valence electrons. The minimum Gasteiger partial charge on any atom is -0.321 e. The lowest BCUT2D eigenvalue weighted by atomic mass is 10.1. The minimum absolute atomic E-state index is 0.000799. The summed E-state index contributed by atoms with van der Waals surface area (Å²) in [5.74, 6) is -0.841. The van der Waals surface area contributed by atoms with E-state index < -0.39 is 5.91 Å². The van der Waals surface area contributed by atoms with Crippen LogP contribution in [0, 0.1) is 6.92 Å². The summed E-state index contributed by atoms with van der Waals surface area (Å²) < 4.78 is 0. The molecule has 0 saturated heterocycles. The first-order chi connectivity index (χ1) is 22.9. The van der Waals surface area contributed by atoms with Gasteiger partial charge < -0.3 is 10.6 Å². The predicted octanol–water partition coefficient (Wildman–Crippen LogP) is 9.10. The molecule has 47 heavy (non-hydrogen) atoms. The maximum Gasteiger partial charge on any atom is 0.272 e. The van der Waals surface area contributed by atoms with Crippen LogP contribution in [-0.4, -0.2) is 23.0 Å². The maximum atomic E-state index is 14.2. The van der Waals surface area contributed by atoms with E-state index in [0.29, 0.717) is 17.7 Å². The Labute approximate surface area is 283 Å². The number of nitrogens with zero attached hydrogens (tertiary/aromatic N) is 1. The van der Waals surface area contributed by atoms with Crippen LogP contribution in [0.4, 0.5) is 17.1 Å². The number of carbonyl (C=O) groups excluding carboxylic acids is 3. The highest BCUT2D eigenvalue weighted by molar-refractivity contribution is 8.00. The van der Waals surface area contributed by atoms with Gasteiger partial charge in [-0.15, -0.1) is 11.8 Å². The van der Waals surface area contributed by atoms with Crippen molar-refractivity contribution in [1.29, 1.82) is 0 Å². The SMILES string of the molecule is CCC(Sc1cccc(NC(=O)/C(=C\c2cccc(C)c2)NC(=O)c2ccccc2)c1)C(=O)N1c2ccccc2Sc2ccccc21. The molecular weight excluding hydrogens is 623 g/mol. The summed E-state index contributed by atoms with van der Waals surface area (Å²) in [6.07, 6.45) is 2.28. The first kappa shape index (κ1) is 31.9. The predicted molar refractivity (Wildman–Crippen MR) is 192 cm³/mol. The fraction of sp³-hybridized carbons (Fsp3) is 0.103. The van der Waals surface area contributed by atoms with E-state index in [9.17, 15) is 14.4 Å². The Morgan fingerprint density at radius 1 is 0.787 bits per heavy atom. The van der Waals surface area contributed by atoms with Crippen molar-refractivity contribution < 1.29 is 14.4 Å². The Hall–Kier alpha value is -5.05. The van der Waals surface area contributed by atoms with Crippen LogP contribution in [0.15, 0.2) is 148 Å². The quantitative estimate of drug-likeness (QED) is 0.122. The zero-order chi connectivity index (χ0) is 32.8. The van der Waals surface area contributed by atoms with E-state index in [2.05, 4.69) is 10.6 Å². The summed E-state index contributed by atoms with van der Waals surface area (Å²) >= 11 is 3.14. The average Bonchev–Trinajstić information content (AvgIpc) is 3.09. The van der Waals surface area contributed by atoms with Gasteiger partial charge in [0.2, 0.25) is 5.91 Å². The Morgan fingerprint density at radius 2 is 1.45 bits per heavy atom. The first-order valence-electron chi connectivity index (χ1n) is 15.3. The Morgan fingerprint density at radius 3 is 2.13 bits per heavy atom. The number of hydrogen-bond donors (Lipinski definition) is 2. The van der Waals surface area contributed by atoms with Crippen LogP contribution < -0.4 is 15.5 Å². The van der Waals surface area contributed by atoms with Gasteiger partial charge in [-0.25, -0.2) is 0 Å². The number of amides is 3. The standard InChI is InChI=1S/C39H33N3O3S2/c1-3-34(39(45)42-32-19-7-9-21-35(32)47-36-22-10-8-20-33(36)42)46-30-18-12-17-29(25-30)40-38(44)31(24-27-14-11-13-26(2)23-27)41-37(43)28-15-5-4-6-16-28/h4-25,34H,3H2,1-2H3,(H,40,44)(H,41,43)/b31-24+. The van der Waals surface area contributed by atoms with E-state index in [1.165, 1.54) is 11.8 Å². The number of aryl methyl sites for hydroxylation is 1. The van der Waals surface area contributed by atoms with Crippen LogP contribution in [0.2, 0.25) is 0 Å². The van der Waals surface area contributed by atoms with Crippen molar-refractivity contribution in [2.75, 3.05) is 10.2 Å². The normalized spacial score (nSPS) is 12.8. The third-order valence-corrected chi connectivity index (χ3v) is 10.0. The first-order valence-corrected chi connectivity index (χ1v) is 17.0. The number of hydrogen-bond acceptors (Lipinski definition) is 5. The molecule has 0 spiro atoms. The van der Waals surface area contributed by atoms with Gasteiger partial charge in [-0.1, -0.05) is 97.0 Å². The summed E-state index contributed by atoms with van der Waals surface area (Å²) in [6.45, 7) is 3.98. The molecule has 1 unspecified atom stereocenters. The van der Waals surface area contributed by atoms with Crippen LogP contribution in [-0.2, 0) is 9.59 Å². The van der Waals surface area contributed by atoms with Crippen LogP contribution in [0.25, 0.3) is 6.08 Å². The molecule has 1 heterocycles. The molecule has 3 amide bonds. The molecule has 2 N–H and O–H groups in total. The number of anilines is 3. The lowest BCUT2D eigenvalue weighted by Crippen LogP contribution is -2.35. The fourth-order valence-corrected chi connectivity index (χ4v) is 7.38. The van der Waals surface area contributed by atoms with Crippen LogP contribution in [0.1, 0.15) is 34.8 Å². The van der Waals surface area contributed by atoms with E-state index in [1.807, 2.05) is 116 Å². The molecule has 5 aromatic rings. The zero-order valence-corrected chi connectivity index (χ0v) is 27.6. The smallest absolute Gasteiger partial charge is 0.272 e. The van der Waals surface area contributed by atoms with Crippen molar-refractivity contribution >= 4 is 64.4 Å². The molecule has 6 nitrogen and oxygen atoms in total. The molecule has 1 aliphatic heterocycles. The Kier molecular flexibility index (Phi) is 9.90. The largest absolute Gasteiger partial charge is 0.321 e. The molecule has 0 radical (unpaired) electrons. The molecule has 0 aliphatic carbocycles. The van der Waals surface area contributed by atoms with Crippen molar-refractivity contribution in [2.24, 2.45) is 0 Å². The molecule has 0 fully saturated rings. The third-order valence-electron chi connectivity index (χ3n) is 7.55. The van der Waals surface area contributed by atoms with Crippen LogP contribution in [0.5, 0.6) is 0 Å². The van der Waals surface area contributed by atoms with E-state index in [0.717, 1.165) is 37.2 Å². The lowest BCUT2D eigenvalue weighted by molar-refractivity contribution is -0.117. The van der Waals surface area contributed by atoms with Crippen molar-refractivity contribution in [3.8, 4) is 0 Å². The van der Waals surface area contributed by atoms with Gasteiger partial charge in [-0.2, -0.15) is 0 Å². The molecule has 0 bridgehead atoms. The van der Waals surface area contributed by atoms with Crippen LogP contribution >= 0.6 is 23.5 Å². The highest BCUT2D eigenvalue weighted by atomic mass is 32.2. The van der Waals surface area contributed by atoms with E-state index in [1.54, 1.807) is 48.2 Å². The molecular formula is C39H33N3O3S2. The molecule has 6 rings (SSSR count). The number of carbonyl (C=O) groups is 3. The number of rotatable bonds is 9. The number of benzene rings is 5. The van der Waals surface area contributed by atoms with Gasteiger partial charge in [-0.05, 0) is 79.6 Å². The van der Waals surface area contributed by atoms with Crippen LogP contribution in [0.3, 0.4) is 0 Å². The molecule has 1 aliphatic rings. The van der Waals surface area contributed by atoms with Gasteiger partial charge in [0.05, 0.1) is 16.6 Å². The molecule has 5 aromatic carbocycles. The van der Waals surface area contributed by atoms with Crippen molar-refractivity contribution in [3.63, 3.8) is 0 Å². The Balaban J connectivity index is 1.23. The summed E-state index contributed by atoms with van der Waals surface area (Å²) in [7, 11) is 0. The lowest BCUT2D eigenvalue weighted by Gasteiger charge is -2.33. The van der Waals surface area contributed by atoms with E-state index in [-0.39, 0.29) is 22.8 Å². The van der Waals surface area contributed by atoms with Gasteiger partial charge in [-0.3, -0.25) is 19.3 Å². The highest BCUT2D eigenvalue weighted by Gasteiger charge is 2.32. The van der Waals surface area contributed by atoms with Gasteiger partial charge in [0.15, 0.2) is 0 Å². The second-order valence-corrected chi connectivity index (χ2v) is 13.4. The Bertz CT molecular complexity index is 1930. The minimum atomic E-state index is -0.458. The van der Waals surface area contributed by atoms with Crippen molar-refractivity contribution in [2.45, 2.75) is 40.2 Å². The van der Waals surface area contributed by atoms with Gasteiger partial charge >= 0.3 is 0 Å². The maximum absolute atomic E-state index is 14.2. The monoisotopic (exact) mass is 655 g/mol. The summed E-state index contributed by atoms with van der Waals surface area (Å²) in [5, 5.41) is 5.38. The highest BCUT2D eigenvalue weighted by Crippen LogP contribution is 2.48. The second kappa shape index (κ2) is 14.6. The van der Waals surface area contributed by atoms with E-state index in [4.69, 9.17) is 0 Å². The zero-order valence-electron chi connectivity index (χ0n) is 26.0. The number of para-hydroxylation sites is 2. The second-order valence-electron chi connectivity index (χ2n) is 11.0. The molecule has 0 saturated carbocycles. The van der Waals surface area contributed by atoms with Crippen molar-refractivity contribution in [3.05, 3.63) is 150 Å². The summed E-state index contributed by atoms with van der Waals surface area (Å²) in [6, 6.07) is 39.9. The van der Waals surface area contributed by atoms with Crippen molar-refractivity contribution in [1.82, 2.24) is 5.32 Å². The van der Waals surface area contributed by atoms with Gasteiger partial charge in [0.1, 0.15) is 5.70 Å². The van der Waals surface area contributed by atoms with Gasteiger partial charge in [0, 0.05) is 25.9 Å². The topological polar surface area (TPSA) is 78.5 Å². The average molecular weight is 656 g/mol. The van der Waals surface area contributed by atoms with E-state index >= 15 is 0 Å². The number of fused-ring (bicyclic) bond motifs is 2.